The number of piperidine rings is 1. The van der Waals surface area contributed by atoms with Crippen LogP contribution in [0.5, 0.6) is 0 Å². The van der Waals surface area contributed by atoms with E-state index in [1.54, 1.807) is 6.20 Å². The predicted molar refractivity (Wildman–Crippen MR) is 58.9 cm³/mol. The third kappa shape index (κ3) is 1.82. The van der Waals surface area contributed by atoms with Gasteiger partial charge < -0.3 is 9.84 Å². The lowest BCUT2D eigenvalue weighted by molar-refractivity contribution is 0.207. The summed E-state index contributed by atoms with van der Waals surface area (Å²) in [4.78, 5) is 4.39. The van der Waals surface area contributed by atoms with Gasteiger partial charge in [-0.3, -0.25) is 0 Å². The standard InChI is InChI=1S/C10H14N6O/c1-10(4-2-3-5-11-10)9-13-8(15-17-9)7-6-12-16-14-7/h6,11H,2-5H2,1H3,(H,12,14,16). The lowest BCUT2D eigenvalue weighted by atomic mass is 9.91. The van der Waals surface area contributed by atoms with Gasteiger partial charge in [0.05, 0.1) is 11.7 Å². The Labute approximate surface area is 98.0 Å². The molecule has 2 N–H and O–H groups in total. The molecular weight excluding hydrogens is 220 g/mol. The van der Waals surface area contributed by atoms with Gasteiger partial charge in [-0.25, -0.2) is 0 Å². The van der Waals surface area contributed by atoms with E-state index in [9.17, 15) is 0 Å². The van der Waals surface area contributed by atoms with Crippen molar-refractivity contribution in [1.29, 1.82) is 0 Å². The van der Waals surface area contributed by atoms with Crippen LogP contribution in [0.4, 0.5) is 0 Å². The van der Waals surface area contributed by atoms with Crippen LogP contribution >= 0.6 is 0 Å². The number of hydrogen-bond acceptors (Lipinski definition) is 6. The highest BCUT2D eigenvalue weighted by molar-refractivity contribution is 5.45. The third-order valence-electron chi connectivity index (χ3n) is 3.16. The molecule has 7 heteroatoms. The van der Waals surface area contributed by atoms with Gasteiger partial charge in [0, 0.05) is 0 Å². The van der Waals surface area contributed by atoms with E-state index in [1.165, 1.54) is 12.8 Å². The SMILES string of the molecule is CC1(c2nc(-c3cn[nH]n3)no2)CCCCN1. The van der Waals surface area contributed by atoms with Crippen molar-refractivity contribution in [3.8, 4) is 11.5 Å². The molecule has 17 heavy (non-hydrogen) atoms. The zero-order valence-electron chi connectivity index (χ0n) is 9.60. The van der Waals surface area contributed by atoms with Crippen molar-refractivity contribution in [3.63, 3.8) is 0 Å². The van der Waals surface area contributed by atoms with Crippen molar-refractivity contribution < 1.29 is 4.52 Å². The van der Waals surface area contributed by atoms with Crippen molar-refractivity contribution in [1.82, 2.24) is 30.9 Å². The summed E-state index contributed by atoms with van der Waals surface area (Å²) in [7, 11) is 0. The lowest BCUT2D eigenvalue weighted by Crippen LogP contribution is -2.43. The second-order valence-corrected chi connectivity index (χ2v) is 4.49. The van der Waals surface area contributed by atoms with Crippen LogP contribution in [-0.4, -0.2) is 32.1 Å². The number of H-pyrrole nitrogens is 1. The fourth-order valence-electron chi connectivity index (χ4n) is 2.10. The van der Waals surface area contributed by atoms with Crippen molar-refractivity contribution in [2.75, 3.05) is 6.54 Å². The highest BCUT2D eigenvalue weighted by Crippen LogP contribution is 2.29. The number of rotatable bonds is 2. The third-order valence-corrected chi connectivity index (χ3v) is 3.16. The monoisotopic (exact) mass is 234 g/mol. The first-order chi connectivity index (χ1) is 8.28. The number of hydrogen-bond donors (Lipinski definition) is 2. The van der Waals surface area contributed by atoms with Crippen LogP contribution in [0.2, 0.25) is 0 Å². The normalized spacial score (nSPS) is 25.0. The minimum atomic E-state index is -0.215. The van der Waals surface area contributed by atoms with Gasteiger partial charge in [-0.05, 0) is 32.7 Å². The molecule has 0 aliphatic carbocycles. The molecule has 1 aliphatic rings. The summed E-state index contributed by atoms with van der Waals surface area (Å²) in [6, 6.07) is 0. The summed E-state index contributed by atoms with van der Waals surface area (Å²) in [5.74, 6) is 1.09. The highest BCUT2D eigenvalue weighted by Gasteiger charge is 2.34. The Morgan fingerprint density at radius 2 is 2.35 bits per heavy atom. The molecule has 7 nitrogen and oxygen atoms in total. The van der Waals surface area contributed by atoms with Crippen LogP contribution in [0.3, 0.4) is 0 Å². The van der Waals surface area contributed by atoms with Crippen molar-refractivity contribution in [2.24, 2.45) is 0 Å². The molecule has 3 rings (SSSR count). The number of aromatic nitrogens is 5. The Morgan fingerprint density at radius 1 is 1.41 bits per heavy atom. The van der Waals surface area contributed by atoms with E-state index in [0.29, 0.717) is 17.4 Å². The van der Waals surface area contributed by atoms with Gasteiger partial charge >= 0.3 is 0 Å². The summed E-state index contributed by atoms with van der Waals surface area (Å²) in [5, 5.41) is 17.5. The van der Waals surface area contributed by atoms with Gasteiger partial charge in [-0.2, -0.15) is 20.4 Å². The Kier molecular flexibility index (Phi) is 2.40. The van der Waals surface area contributed by atoms with Crippen LogP contribution in [0.25, 0.3) is 11.5 Å². The fourth-order valence-corrected chi connectivity index (χ4v) is 2.10. The Bertz CT molecular complexity index is 485. The predicted octanol–water partition coefficient (Wildman–Crippen LogP) is 0.843. The van der Waals surface area contributed by atoms with E-state index < -0.39 is 0 Å². The van der Waals surface area contributed by atoms with Crippen LogP contribution in [-0.2, 0) is 5.54 Å². The molecule has 0 radical (unpaired) electrons. The zero-order chi connectivity index (χ0) is 11.7. The smallest absolute Gasteiger partial charge is 0.247 e. The largest absolute Gasteiger partial charge is 0.337 e. The van der Waals surface area contributed by atoms with Crippen molar-refractivity contribution >= 4 is 0 Å². The van der Waals surface area contributed by atoms with E-state index in [2.05, 4.69) is 37.8 Å². The molecular formula is C10H14N6O. The molecule has 2 aromatic heterocycles. The average Bonchev–Trinajstić information content (AvgIpc) is 3.01. The zero-order valence-corrected chi connectivity index (χ0v) is 9.60. The van der Waals surface area contributed by atoms with Gasteiger partial charge in [0.25, 0.3) is 0 Å². The Balaban J connectivity index is 1.89. The molecule has 90 valence electrons. The molecule has 1 fully saturated rings. The van der Waals surface area contributed by atoms with E-state index in [-0.39, 0.29) is 5.54 Å². The van der Waals surface area contributed by atoms with Gasteiger partial charge in [-0.15, -0.1) is 0 Å². The van der Waals surface area contributed by atoms with Gasteiger partial charge in [0.2, 0.25) is 11.7 Å². The lowest BCUT2D eigenvalue weighted by Gasteiger charge is -2.31. The van der Waals surface area contributed by atoms with Gasteiger partial charge in [0.1, 0.15) is 0 Å². The van der Waals surface area contributed by atoms with E-state index in [4.69, 9.17) is 4.52 Å². The summed E-state index contributed by atoms with van der Waals surface area (Å²) < 4.78 is 5.33. The maximum Gasteiger partial charge on any atom is 0.247 e. The first-order valence-corrected chi connectivity index (χ1v) is 5.73. The molecule has 0 saturated carbocycles. The van der Waals surface area contributed by atoms with Crippen LogP contribution in [0.1, 0.15) is 32.1 Å². The van der Waals surface area contributed by atoms with Crippen molar-refractivity contribution in [3.05, 3.63) is 12.1 Å². The molecule has 0 bridgehead atoms. The highest BCUT2D eigenvalue weighted by atomic mass is 16.5. The summed E-state index contributed by atoms with van der Waals surface area (Å²) in [6.07, 6.45) is 4.95. The minimum absolute atomic E-state index is 0.215. The van der Waals surface area contributed by atoms with Gasteiger partial charge in [0.15, 0.2) is 5.69 Å². The van der Waals surface area contributed by atoms with Crippen molar-refractivity contribution in [2.45, 2.75) is 31.7 Å². The summed E-state index contributed by atoms with van der Waals surface area (Å²) >= 11 is 0. The molecule has 1 unspecified atom stereocenters. The molecule has 0 spiro atoms. The maximum absolute atomic E-state index is 5.33. The second-order valence-electron chi connectivity index (χ2n) is 4.49. The Morgan fingerprint density at radius 3 is 3.06 bits per heavy atom. The molecule has 2 aromatic rings. The second kappa shape index (κ2) is 3.92. The van der Waals surface area contributed by atoms with E-state index >= 15 is 0 Å². The Hall–Kier alpha value is -1.76. The van der Waals surface area contributed by atoms with Crippen LogP contribution in [0.15, 0.2) is 10.7 Å². The molecule has 1 aliphatic heterocycles. The number of nitrogens with one attached hydrogen (secondary N) is 2. The fraction of sp³-hybridized carbons (Fsp3) is 0.600. The minimum Gasteiger partial charge on any atom is -0.337 e. The first-order valence-electron chi connectivity index (χ1n) is 5.73. The molecule has 3 heterocycles. The quantitative estimate of drug-likeness (QED) is 0.800. The summed E-state index contributed by atoms with van der Waals surface area (Å²) in [5.41, 5.74) is 0.382. The molecule has 0 amide bonds. The molecule has 0 aromatic carbocycles. The van der Waals surface area contributed by atoms with Gasteiger partial charge in [-0.1, -0.05) is 5.16 Å². The van der Waals surface area contributed by atoms with E-state index in [1.807, 2.05) is 0 Å². The van der Waals surface area contributed by atoms with Crippen LogP contribution in [0, 0.1) is 0 Å². The summed E-state index contributed by atoms with van der Waals surface area (Å²) in [6.45, 7) is 3.07. The topological polar surface area (TPSA) is 92.5 Å². The molecule has 1 saturated heterocycles. The van der Waals surface area contributed by atoms with Crippen LogP contribution < -0.4 is 5.32 Å². The number of aromatic amines is 1. The van der Waals surface area contributed by atoms with E-state index in [0.717, 1.165) is 13.0 Å². The maximum atomic E-state index is 5.33. The average molecular weight is 234 g/mol. The molecule has 1 atom stereocenters. The number of nitrogens with zero attached hydrogens (tertiary/aromatic N) is 4. The first kappa shape index (κ1) is 10.4.